The van der Waals surface area contributed by atoms with Crippen molar-refractivity contribution in [2.24, 2.45) is 0 Å². The van der Waals surface area contributed by atoms with Crippen molar-refractivity contribution in [1.82, 2.24) is 0 Å². The Kier molecular flexibility index (Phi) is 5.08. The molecular formula is C17H13F3OS. The summed E-state index contributed by atoms with van der Waals surface area (Å²) in [4.78, 5) is 12.9. The Balaban J connectivity index is 2.42. The number of carbonyl (C=O) groups is 1. The second kappa shape index (κ2) is 6.83. The van der Waals surface area contributed by atoms with Gasteiger partial charge in [0.05, 0.1) is 5.57 Å². The Hall–Kier alpha value is -2.01. The summed E-state index contributed by atoms with van der Waals surface area (Å²) in [5.41, 5.74) is -0.728. The Morgan fingerprint density at radius 1 is 0.955 bits per heavy atom. The lowest BCUT2D eigenvalue weighted by atomic mass is 10.0. The number of hydrogen-bond donors (Lipinski definition) is 0. The molecule has 0 radical (unpaired) electrons. The van der Waals surface area contributed by atoms with Crippen LogP contribution in [0.25, 0.3) is 5.57 Å². The van der Waals surface area contributed by atoms with E-state index < -0.39 is 17.5 Å². The van der Waals surface area contributed by atoms with E-state index in [4.69, 9.17) is 0 Å². The van der Waals surface area contributed by atoms with Crippen molar-refractivity contribution in [3.63, 3.8) is 0 Å². The fraction of sp³-hybridized carbons (Fsp3) is 0.118. The molecule has 1 nitrogen and oxygen atoms in total. The van der Waals surface area contributed by atoms with Crippen molar-refractivity contribution in [3.8, 4) is 0 Å². The number of ketones is 1. The molecule has 0 amide bonds. The zero-order valence-electron chi connectivity index (χ0n) is 11.7. The van der Waals surface area contributed by atoms with E-state index in [1.807, 2.05) is 6.26 Å². The molecule has 2 rings (SSSR count). The van der Waals surface area contributed by atoms with Gasteiger partial charge in [0.1, 0.15) is 0 Å². The summed E-state index contributed by atoms with van der Waals surface area (Å²) >= 11 is 1.44. The van der Waals surface area contributed by atoms with Gasteiger partial charge >= 0.3 is 6.18 Å². The van der Waals surface area contributed by atoms with Crippen molar-refractivity contribution in [3.05, 3.63) is 71.8 Å². The highest BCUT2D eigenvalue weighted by atomic mass is 32.2. The van der Waals surface area contributed by atoms with Crippen LogP contribution in [0.5, 0.6) is 0 Å². The van der Waals surface area contributed by atoms with Crippen molar-refractivity contribution in [2.45, 2.75) is 11.1 Å². The Morgan fingerprint density at radius 3 is 2.05 bits per heavy atom. The van der Waals surface area contributed by atoms with Gasteiger partial charge in [-0.05, 0) is 30.0 Å². The maximum absolute atomic E-state index is 13.2. The molecule has 0 aliphatic carbocycles. The minimum absolute atomic E-state index is 0.0189. The van der Waals surface area contributed by atoms with Gasteiger partial charge in [-0.3, -0.25) is 4.79 Å². The largest absolute Gasteiger partial charge is 0.417 e. The van der Waals surface area contributed by atoms with Gasteiger partial charge in [-0.15, -0.1) is 11.8 Å². The minimum Gasteiger partial charge on any atom is -0.289 e. The lowest BCUT2D eigenvalue weighted by Gasteiger charge is -2.12. The van der Waals surface area contributed by atoms with Crippen LogP contribution in [0.2, 0.25) is 0 Å². The first-order valence-corrected chi connectivity index (χ1v) is 7.67. The van der Waals surface area contributed by atoms with Crippen LogP contribution in [0, 0.1) is 0 Å². The number of allylic oxidation sites excluding steroid dienone is 2. The number of halogens is 3. The summed E-state index contributed by atoms with van der Waals surface area (Å²) in [7, 11) is 0. The summed E-state index contributed by atoms with van der Waals surface area (Å²) < 4.78 is 39.7. The molecule has 0 aliphatic rings. The maximum atomic E-state index is 13.2. The normalized spacial score (nSPS) is 12.3. The molecule has 0 aromatic heterocycles. The van der Waals surface area contributed by atoms with E-state index in [9.17, 15) is 18.0 Å². The van der Waals surface area contributed by atoms with Gasteiger partial charge in [-0.2, -0.15) is 13.2 Å². The van der Waals surface area contributed by atoms with Gasteiger partial charge in [0.2, 0.25) is 0 Å². The molecule has 0 N–H and O–H groups in total. The molecule has 2 aromatic carbocycles. The van der Waals surface area contributed by atoms with E-state index >= 15 is 0 Å². The molecule has 0 saturated heterocycles. The van der Waals surface area contributed by atoms with Crippen LogP contribution < -0.4 is 0 Å². The third-order valence-corrected chi connectivity index (χ3v) is 3.78. The van der Waals surface area contributed by atoms with Crippen molar-refractivity contribution >= 4 is 23.1 Å². The number of alkyl halides is 3. The Labute approximate surface area is 130 Å². The third-order valence-electron chi connectivity index (χ3n) is 3.04. The fourth-order valence-corrected chi connectivity index (χ4v) is 2.32. The van der Waals surface area contributed by atoms with E-state index in [1.54, 1.807) is 30.3 Å². The molecule has 0 atom stereocenters. The highest BCUT2D eigenvalue weighted by Gasteiger charge is 2.35. The van der Waals surface area contributed by atoms with Crippen LogP contribution in [0.1, 0.15) is 15.9 Å². The van der Waals surface area contributed by atoms with Crippen LogP contribution in [-0.2, 0) is 0 Å². The molecule has 0 spiro atoms. The predicted molar refractivity (Wildman–Crippen MR) is 83.0 cm³/mol. The molecule has 0 unspecified atom stereocenters. The van der Waals surface area contributed by atoms with Gasteiger partial charge in [0.25, 0.3) is 0 Å². The van der Waals surface area contributed by atoms with E-state index in [1.165, 1.54) is 36.0 Å². The van der Waals surface area contributed by atoms with Crippen LogP contribution in [0.3, 0.4) is 0 Å². The van der Waals surface area contributed by atoms with E-state index in [0.29, 0.717) is 6.08 Å². The predicted octanol–water partition coefficient (Wildman–Crippen LogP) is 5.24. The van der Waals surface area contributed by atoms with Crippen LogP contribution in [0.4, 0.5) is 13.2 Å². The number of carbonyl (C=O) groups excluding carboxylic acids is 1. The molecule has 0 saturated carbocycles. The van der Waals surface area contributed by atoms with Gasteiger partial charge in [0.15, 0.2) is 5.78 Å². The quantitative estimate of drug-likeness (QED) is 0.435. The summed E-state index contributed by atoms with van der Waals surface area (Å²) in [6, 6.07) is 13.9. The van der Waals surface area contributed by atoms with Crippen LogP contribution in [0.15, 0.2) is 65.6 Å². The average Bonchev–Trinajstić information content (AvgIpc) is 2.52. The molecule has 22 heavy (non-hydrogen) atoms. The average molecular weight is 322 g/mol. The molecular weight excluding hydrogens is 309 g/mol. The molecule has 0 fully saturated rings. The summed E-state index contributed by atoms with van der Waals surface area (Å²) in [6.45, 7) is 0. The number of thioether (sulfide) groups is 1. The zero-order valence-corrected chi connectivity index (χ0v) is 12.5. The lowest BCUT2D eigenvalue weighted by molar-refractivity contribution is -0.0689. The summed E-state index contributed by atoms with van der Waals surface area (Å²) in [5, 5.41) is 0. The van der Waals surface area contributed by atoms with Gasteiger partial charge in [0, 0.05) is 10.5 Å². The highest BCUT2D eigenvalue weighted by molar-refractivity contribution is 7.98. The summed E-state index contributed by atoms with van der Waals surface area (Å²) in [5.74, 6) is -0.665. The lowest BCUT2D eigenvalue weighted by Crippen LogP contribution is -2.12. The SMILES string of the molecule is CSc1ccc(/C(=C\C(=O)c2ccccc2)C(F)(F)F)cc1. The monoisotopic (exact) mass is 322 g/mol. The third kappa shape index (κ3) is 4.01. The standard InChI is InChI=1S/C17H13F3OS/c1-22-14-9-7-12(8-10-14)15(17(18,19)20)11-16(21)13-5-3-2-4-6-13/h2-11H,1H3/b15-11+. The first-order valence-electron chi connectivity index (χ1n) is 6.44. The fourth-order valence-electron chi connectivity index (χ4n) is 1.92. The molecule has 2 aromatic rings. The Bertz CT molecular complexity index is 673. The second-order valence-electron chi connectivity index (χ2n) is 4.51. The molecule has 5 heteroatoms. The summed E-state index contributed by atoms with van der Waals surface area (Å²) in [6.07, 6.45) is -2.09. The minimum atomic E-state index is -4.59. The van der Waals surface area contributed by atoms with Crippen molar-refractivity contribution in [1.29, 1.82) is 0 Å². The molecule has 114 valence electrons. The van der Waals surface area contributed by atoms with Gasteiger partial charge in [-0.1, -0.05) is 42.5 Å². The molecule has 0 bridgehead atoms. The number of benzene rings is 2. The van der Waals surface area contributed by atoms with Crippen LogP contribution >= 0.6 is 11.8 Å². The number of rotatable bonds is 4. The topological polar surface area (TPSA) is 17.1 Å². The van der Waals surface area contributed by atoms with Crippen LogP contribution in [-0.4, -0.2) is 18.2 Å². The smallest absolute Gasteiger partial charge is 0.289 e. The second-order valence-corrected chi connectivity index (χ2v) is 5.39. The Morgan fingerprint density at radius 2 is 1.55 bits per heavy atom. The molecule has 0 heterocycles. The van der Waals surface area contributed by atoms with Crippen molar-refractivity contribution in [2.75, 3.05) is 6.26 Å². The van der Waals surface area contributed by atoms with Crippen molar-refractivity contribution < 1.29 is 18.0 Å². The highest BCUT2D eigenvalue weighted by Crippen LogP contribution is 2.34. The maximum Gasteiger partial charge on any atom is 0.417 e. The van der Waals surface area contributed by atoms with E-state index in [-0.39, 0.29) is 11.1 Å². The van der Waals surface area contributed by atoms with Gasteiger partial charge in [-0.25, -0.2) is 0 Å². The van der Waals surface area contributed by atoms with E-state index in [2.05, 4.69) is 0 Å². The first kappa shape index (κ1) is 16.4. The zero-order chi connectivity index (χ0) is 16.2. The van der Waals surface area contributed by atoms with E-state index in [0.717, 1.165) is 4.90 Å². The molecule has 0 aliphatic heterocycles. The number of hydrogen-bond acceptors (Lipinski definition) is 2. The van der Waals surface area contributed by atoms with Gasteiger partial charge < -0.3 is 0 Å². The first-order chi connectivity index (χ1) is 10.4.